The smallest absolute Gasteiger partial charge is 0.328 e. The van der Waals surface area contributed by atoms with E-state index in [2.05, 4.69) is 16.0 Å². The predicted octanol–water partition coefficient (Wildman–Crippen LogP) is 2.76. The van der Waals surface area contributed by atoms with E-state index < -0.39 is 17.9 Å². The molecular weight excluding hydrogens is 470 g/mol. The monoisotopic (exact) mass is 495 g/mol. The molecule has 0 bridgehead atoms. The molecule has 2 unspecified atom stereocenters. The zero-order valence-electron chi connectivity index (χ0n) is 19.0. The van der Waals surface area contributed by atoms with Gasteiger partial charge in [0.05, 0.1) is 18.1 Å². The van der Waals surface area contributed by atoms with Crippen LogP contribution in [0.4, 0.5) is 4.79 Å². The van der Waals surface area contributed by atoms with E-state index >= 15 is 0 Å². The summed E-state index contributed by atoms with van der Waals surface area (Å²) in [6.07, 6.45) is 3.62. The van der Waals surface area contributed by atoms with Gasteiger partial charge in [0.2, 0.25) is 5.91 Å². The van der Waals surface area contributed by atoms with Gasteiger partial charge in [0.15, 0.2) is 0 Å². The predicted molar refractivity (Wildman–Crippen MR) is 131 cm³/mol. The molecule has 4 rings (SSSR count). The molecule has 9 nitrogen and oxygen atoms in total. The first-order valence-corrected chi connectivity index (χ1v) is 12.0. The van der Waals surface area contributed by atoms with Crippen molar-refractivity contribution in [3.8, 4) is 11.5 Å². The van der Waals surface area contributed by atoms with E-state index in [9.17, 15) is 19.2 Å². The minimum absolute atomic E-state index is 0.198. The number of amides is 3. The van der Waals surface area contributed by atoms with E-state index in [-0.39, 0.29) is 17.2 Å². The molecule has 2 heterocycles. The van der Waals surface area contributed by atoms with E-state index in [1.54, 1.807) is 42.5 Å². The first-order valence-electron chi connectivity index (χ1n) is 11.1. The van der Waals surface area contributed by atoms with Crippen LogP contribution in [0, 0.1) is 0 Å². The Hall–Kier alpha value is -3.63. The van der Waals surface area contributed by atoms with E-state index in [0.717, 1.165) is 42.3 Å². The molecule has 3 amide bonds. The van der Waals surface area contributed by atoms with Crippen molar-refractivity contribution in [3.63, 3.8) is 0 Å². The van der Waals surface area contributed by atoms with Crippen LogP contribution in [-0.2, 0) is 25.5 Å². The van der Waals surface area contributed by atoms with Crippen molar-refractivity contribution in [3.05, 3.63) is 64.6 Å². The number of esters is 1. The summed E-state index contributed by atoms with van der Waals surface area (Å²) in [7, 11) is 1.30. The number of nitrogens with one attached hydrogen (secondary N) is 3. The summed E-state index contributed by atoms with van der Waals surface area (Å²) in [5.74, 6) is 0.109. The fourth-order valence-corrected chi connectivity index (χ4v) is 4.47. The normalized spacial score (nSPS) is 19.3. The molecule has 2 atom stereocenters. The van der Waals surface area contributed by atoms with Crippen LogP contribution in [0.15, 0.2) is 53.4 Å². The fraction of sp³-hybridized carbons (Fsp3) is 0.280. The molecule has 2 aromatic carbocycles. The number of hydrogen-bond acceptors (Lipinski definition) is 8. The van der Waals surface area contributed by atoms with Crippen molar-refractivity contribution in [1.29, 1.82) is 0 Å². The van der Waals surface area contributed by atoms with Gasteiger partial charge in [-0.2, -0.15) is 0 Å². The summed E-state index contributed by atoms with van der Waals surface area (Å²) in [6.45, 7) is 0.792. The Morgan fingerprint density at radius 3 is 2.37 bits per heavy atom. The molecule has 0 saturated carbocycles. The summed E-state index contributed by atoms with van der Waals surface area (Å²) < 4.78 is 10.7. The Balaban J connectivity index is 1.35. The number of methoxy groups -OCH3 is 1. The summed E-state index contributed by atoms with van der Waals surface area (Å²) in [6, 6.07) is 13.3. The van der Waals surface area contributed by atoms with Gasteiger partial charge in [-0.1, -0.05) is 24.3 Å². The van der Waals surface area contributed by atoms with Gasteiger partial charge in [-0.15, -0.1) is 0 Å². The van der Waals surface area contributed by atoms with Crippen LogP contribution in [0.3, 0.4) is 0 Å². The molecule has 0 aliphatic carbocycles. The van der Waals surface area contributed by atoms with Gasteiger partial charge in [0.25, 0.3) is 11.1 Å². The number of carbonyl (C=O) groups excluding carboxylic acids is 4. The third kappa shape index (κ3) is 6.49. The lowest BCUT2D eigenvalue weighted by molar-refractivity contribution is -0.145. The number of thioether (sulfide) groups is 1. The highest BCUT2D eigenvalue weighted by atomic mass is 32.2. The molecule has 0 aromatic heterocycles. The van der Waals surface area contributed by atoms with E-state index in [1.165, 1.54) is 7.11 Å². The molecule has 2 aliphatic heterocycles. The molecule has 2 aliphatic rings. The number of ether oxygens (including phenoxy) is 2. The standard InChI is InChI=1S/C25H25N3O6S/c1-33-24(31)20(27-22(29)19-3-2-12-26-19)13-15-4-8-17(9-5-15)34-18-10-6-16(7-11-18)14-21-23(30)28-25(32)35-21/h4-11,14,19-20,26H,2-3,12-13H2,1H3,(H,27,29)(H,28,30,32). The molecule has 2 fully saturated rings. The maximum atomic E-state index is 12.4. The molecule has 2 aromatic rings. The van der Waals surface area contributed by atoms with Crippen LogP contribution in [0.2, 0.25) is 0 Å². The van der Waals surface area contributed by atoms with Crippen LogP contribution >= 0.6 is 11.8 Å². The number of imide groups is 1. The lowest BCUT2D eigenvalue weighted by atomic mass is 10.0. The molecule has 0 radical (unpaired) electrons. The van der Waals surface area contributed by atoms with E-state index in [0.29, 0.717) is 22.8 Å². The maximum Gasteiger partial charge on any atom is 0.328 e. The Morgan fingerprint density at radius 2 is 1.80 bits per heavy atom. The summed E-state index contributed by atoms with van der Waals surface area (Å²) in [5, 5.41) is 7.76. The molecule has 3 N–H and O–H groups in total. The lowest BCUT2D eigenvalue weighted by Crippen LogP contribution is -2.49. The van der Waals surface area contributed by atoms with Crippen LogP contribution < -0.4 is 20.7 Å². The molecule has 0 spiro atoms. The quantitative estimate of drug-likeness (QED) is 0.377. The Bertz CT molecular complexity index is 1140. The largest absolute Gasteiger partial charge is 0.467 e. The first-order chi connectivity index (χ1) is 16.9. The van der Waals surface area contributed by atoms with Gasteiger partial charge in [-0.05, 0) is 72.6 Å². The van der Waals surface area contributed by atoms with Crippen molar-refractivity contribution in [2.45, 2.75) is 31.3 Å². The van der Waals surface area contributed by atoms with Gasteiger partial charge in [-0.3, -0.25) is 19.7 Å². The van der Waals surface area contributed by atoms with Crippen molar-refractivity contribution >= 4 is 40.9 Å². The number of hydrogen-bond donors (Lipinski definition) is 3. The zero-order valence-corrected chi connectivity index (χ0v) is 19.9. The number of carbonyl (C=O) groups is 4. The maximum absolute atomic E-state index is 12.4. The molecule has 10 heteroatoms. The minimum Gasteiger partial charge on any atom is -0.467 e. The lowest BCUT2D eigenvalue weighted by Gasteiger charge is -2.19. The molecule has 2 saturated heterocycles. The van der Waals surface area contributed by atoms with Crippen molar-refractivity contribution in [2.24, 2.45) is 0 Å². The zero-order chi connectivity index (χ0) is 24.8. The van der Waals surface area contributed by atoms with Gasteiger partial charge < -0.3 is 20.1 Å². The van der Waals surface area contributed by atoms with Crippen LogP contribution in [0.5, 0.6) is 11.5 Å². The summed E-state index contributed by atoms with van der Waals surface area (Å²) in [5.41, 5.74) is 1.61. The highest BCUT2D eigenvalue weighted by Crippen LogP contribution is 2.27. The van der Waals surface area contributed by atoms with Gasteiger partial charge in [-0.25, -0.2) is 4.79 Å². The molecular formula is C25H25N3O6S. The van der Waals surface area contributed by atoms with Crippen LogP contribution in [0.1, 0.15) is 24.0 Å². The van der Waals surface area contributed by atoms with Gasteiger partial charge in [0, 0.05) is 6.42 Å². The average Bonchev–Trinajstić information content (AvgIpc) is 3.50. The number of rotatable bonds is 8. The Morgan fingerprint density at radius 1 is 1.11 bits per heavy atom. The first kappa shape index (κ1) is 24.5. The highest BCUT2D eigenvalue weighted by Gasteiger charge is 2.28. The van der Waals surface area contributed by atoms with E-state index in [1.807, 2.05) is 12.1 Å². The average molecular weight is 496 g/mol. The van der Waals surface area contributed by atoms with Crippen LogP contribution in [0.25, 0.3) is 6.08 Å². The minimum atomic E-state index is -0.779. The van der Waals surface area contributed by atoms with Crippen LogP contribution in [-0.4, -0.2) is 48.8 Å². The third-order valence-corrected chi connectivity index (χ3v) is 6.41. The highest BCUT2D eigenvalue weighted by molar-refractivity contribution is 8.18. The SMILES string of the molecule is COC(=O)C(Cc1ccc(Oc2ccc(C=C3SC(=O)NC3=O)cc2)cc1)NC(=O)C1CCCN1. The second kappa shape index (κ2) is 11.2. The van der Waals surface area contributed by atoms with E-state index in [4.69, 9.17) is 9.47 Å². The number of benzene rings is 2. The Kier molecular flexibility index (Phi) is 7.84. The Labute approximate surface area is 206 Å². The second-order valence-electron chi connectivity index (χ2n) is 8.10. The fourth-order valence-electron chi connectivity index (χ4n) is 3.79. The molecule has 182 valence electrons. The van der Waals surface area contributed by atoms with Crippen molar-refractivity contribution < 1.29 is 28.7 Å². The third-order valence-electron chi connectivity index (χ3n) is 5.60. The second-order valence-corrected chi connectivity index (χ2v) is 9.12. The van der Waals surface area contributed by atoms with Gasteiger partial charge >= 0.3 is 5.97 Å². The van der Waals surface area contributed by atoms with Crippen molar-refractivity contribution in [1.82, 2.24) is 16.0 Å². The summed E-state index contributed by atoms with van der Waals surface area (Å²) in [4.78, 5) is 47.9. The van der Waals surface area contributed by atoms with Gasteiger partial charge in [0.1, 0.15) is 17.5 Å². The summed E-state index contributed by atoms with van der Waals surface area (Å²) >= 11 is 0.868. The topological polar surface area (TPSA) is 123 Å². The van der Waals surface area contributed by atoms with Crippen molar-refractivity contribution in [2.75, 3.05) is 13.7 Å². The molecule has 35 heavy (non-hydrogen) atoms.